The molecule has 0 amide bonds. The van der Waals surface area contributed by atoms with Gasteiger partial charge >= 0.3 is 0 Å². The monoisotopic (exact) mass is 548 g/mol. The molecule has 2 aliphatic heterocycles. The van der Waals surface area contributed by atoms with Crippen LogP contribution in [0, 0.1) is 5.82 Å². The number of alkyl halides is 2. The third-order valence-corrected chi connectivity index (χ3v) is 9.06. The van der Waals surface area contributed by atoms with E-state index < -0.39 is 17.8 Å². The fourth-order valence-corrected chi connectivity index (χ4v) is 6.78. The van der Waals surface area contributed by atoms with Crippen molar-refractivity contribution in [3.05, 3.63) is 82.2 Å². The average Bonchev–Trinajstić information content (AvgIpc) is 3.35. The Morgan fingerprint density at radius 1 is 1.05 bits per heavy atom. The smallest absolute Gasteiger partial charge is 0.265 e. The summed E-state index contributed by atoms with van der Waals surface area (Å²) in [7, 11) is 5.74. The van der Waals surface area contributed by atoms with E-state index in [1.807, 2.05) is 32.0 Å². The van der Waals surface area contributed by atoms with Crippen LogP contribution in [-0.4, -0.2) is 60.1 Å². The third-order valence-electron chi connectivity index (χ3n) is 6.50. The van der Waals surface area contributed by atoms with Gasteiger partial charge in [0.1, 0.15) is 17.2 Å². The van der Waals surface area contributed by atoms with Crippen molar-refractivity contribution in [3.63, 3.8) is 0 Å². The Bertz CT molecular complexity index is 1190. The molecule has 0 aromatic heterocycles. The van der Waals surface area contributed by atoms with Crippen molar-refractivity contribution in [2.45, 2.75) is 45.0 Å². The second-order valence-electron chi connectivity index (χ2n) is 8.83. The largest absolute Gasteiger partial charge is 0.361 e. The van der Waals surface area contributed by atoms with Crippen molar-refractivity contribution in [3.8, 4) is 0 Å². The number of benzene rings is 2. The molecule has 0 fully saturated rings. The van der Waals surface area contributed by atoms with Crippen molar-refractivity contribution in [2.24, 2.45) is 4.99 Å². The zero-order valence-corrected chi connectivity index (χ0v) is 24.5. The minimum Gasteiger partial charge on any atom is -0.361 e. The van der Waals surface area contributed by atoms with Crippen LogP contribution in [0.15, 0.2) is 70.2 Å². The maximum absolute atomic E-state index is 15.2. The summed E-state index contributed by atoms with van der Waals surface area (Å²) in [4.78, 5) is 8.16. The minimum absolute atomic E-state index is 0.165. The molecule has 0 radical (unpaired) electrons. The van der Waals surface area contributed by atoms with E-state index in [9.17, 15) is 8.78 Å². The number of hydrogen-bond donors (Lipinski definition) is 0. The molecule has 9 heteroatoms. The quantitative estimate of drug-likeness (QED) is 0.270. The van der Waals surface area contributed by atoms with Gasteiger partial charge in [0, 0.05) is 45.4 Å². The Morgan fingerprint density at radius 3 is 2.24 bits per heavy atom. The number of thioether (sulfide) groups is 1. The Kier molecular flexibility index (Phi) is 9.54. The van der Waals surface area contributed by atoms with Crippen molar-refractivity contribution in [1.29, 1.82) is 0 Å². The van der Waals surface area contributed by atoms with E-state index in [1.54, 1.807) is 43.0 Å². The van der Waals surface area contributed by atoms with Crippen LogP contribution < -0.4 is 0 Å². The standard InChI is InChI=1S/C26H30F3N4PS.C2H6/c1-16-23(35-25(31(16)3)17-10-8-7-9-11-17)24(34-6)30-18-12-13-19(20(27)14-18)21-15-22(26(2,28)29)33(5)32(21)4;1-2/h7-15,22,25,34H,1-6H3;1-2H3. The summed E-state index contributed by atoms with van der Waals surface area (Å²) in [6.45, 7) is 9.03. The Labute approximate surface area is 225 Å². The van der Waals surface area contributed by atoms with E-state index in [0.29, 0.717) is 20.0 Å². The summed E-state index contributed by atoms with van der Waals surface area (Å²) in [5.41, 5.74) is 4.49. The van der Waals surface area contributed by atoms with E-state index in [1.165, 1.54) is 22.7 Å². The molecule has 200 valence electrons. The zero-order chi connectivity index (χ0) is 27.5. The van der Waals surface area contributed by atoms with Gasteiger partial charge in [-0.25, -0.2) is 23.2 Å². The first-order valence-corrected chi connectivity index (χ1v) is 14.7. The van der Waals surface area contributed by atoms with Gasteiger partial charge in [-0.1, -0.05) is 64.5 Å². The van der Waals surface area contributed by atoms with E-state index in [2.05, 4.69) is 37.7 Å². The SMILES string of the molecule is CC.CPC(=Nc1ccc(C2=CC(C(C)(F)F)N(C)N2C)c(F)c1)C1=C(C)N(C)C(c2ccccc2)S1. The van der Waals surface area contributed by atoms with Crippen LogP contribution in [0.4, 0.5) is 18.9 Å². The van der Waals surface area contributed by atoms with E-state index in [0.717, 1.165) is 23.0 Å². The molecule has 0 saturated carbocycles. The van der Waals surface area contributed by atoms with E-state index >= 15 is 4.39 Å². The number of likely N-dealkylation sites (N-methyl/N-ethyl adjacent to an activating group) is 1. The minimum atomic E-state index is -2.95. The van der Waals surface area contributed by atoms with Gasteiger partial charge in [-0.05, 0) is 37.4 Å². The Balaban J connectivity index is 0.00000186. The lowest BCUT2D eigenvalue weighted by Gasteiger charge is -2.31. The predicted molar refractivity (Wildman–Crippen MR) is 154 cm³/mol. The maximum Gasteiger partial charge on any atom is 0.265 e. The average molecular weight is 549 g/mol. The molecule has 3 unspecified atom stereocenters. The number of hydrogen-bond acceptors (Lipinski definition) is 5. The first kappa shape index (κ1) is 29.3. The summed E-state index contributed by atoms with van der Waals surface area (Å²) < 4.78 is 43.2. The van der Waals surface area contributed by atoms with Crippen LogP contribution in [0.3, 0.4) is 0 Å². The Morgan fingerprint density at radius 2 is 1.70 bits per heavy atom. The number of hydrazine groups is 1. The van der Waals surface area contributed by atoms with Gasteiger partial charge in [-0.3, -0.25) is 0 Å². The van der Waals surface area contributed by atoms with Gasteiger partial charge in [0.2, 0.25) is 0 Å². The number of nitrogens with zero attached hydrogens (tertiary/aromatic N) is 4. The fraction of sp³-hybridized carbons (Fsp3) is 0.393. The molecule has 0 aliphatic carbocycles. The predicted octanol–water partition coefficient (Wildman–Crippen LogP) is 7.96. The van der Waals surface area contributed by atoms with Crippen LogP contribution in [0.25, 0.3) is 5.70 Å². The fourth-order valence-electron chi connectivity index (χ4n) is 4.34. The summed E-state index contributed by atoms with van der Waals surface area (Å²) >= 11 is 1.76. The van der Waals surface area contributed by atoms with Crippen LogP contribution in [0.2, 0.25) is 0 Å². The first-order valence-electron chi connectivity index (χ1n) is 12.3. The molecule has 2 aromatic rings. The molecule has 37 heavy (non-hydrogen) atoms. The van der Waals surface area contributed by atoms with Gasteiger partial charge in [0.15, 0.2) is 0 Å². The maximum atomic E-state index is 15.2. The number of aliphatic imine (C=N–C) groups is 1. The lowest BCUT2D eigenvalue weighted by Crippen LogP contribution is -2.44. The summed E-state index contributed by atoms with van der Waals surface area (Å²) in [6, 6.07) is 14.0. The van der Waals surface area contributed by atoms with Crippen LogP contribution in [0.5, 0.6) is 0 Å². The highest BCUT2D eigenvalue weighted by molar-refractivity contribution is 8.05. The highest BCUT2D eigenvalue weighted by Gasteiger charge is 2.42. The van der Waals surface area contributed by atoms with Gasteiger partial charge < -0.3 is 9.91 Å². The van der Waals surface area contributed by atoms with Gasteiger partial charge in [0.25, 0.3) is 5.92 Å². The van der Waals surface area contributed by atoms with Crippen molar-refractivity contribution < 1.29 is 13.2 Å². The molecule has 0 bridgehead atoms. The summed E-state index contributed by atoms with van der Waals surface area (Å²) in [6.07, 6.45) is 1.42. The van der Waals surface area contributed by atoms with E-state index in [4.69, 9.17) is 4.99 Å². The number of allylic oxidation sites excluding steroid dienone is 2. The van der Waals surface area contributed by atoms with Crippen LogP contribution in [0.1, 0.15) is 44.2 Å². The topological polar surface area (TPSA) is 22.1 Å². The lowest BCUT2D eigenvalue weighted by molar-refractivity contribution is -0.0763. The first-order chi connectivity index (χ1) is 17.5. The molecule has 0 saturated heterocycles. The van der Waals surface area contributed by atoms with Gasteiger partial charge in [-0.2, -0.15) is 0 Å². The molecular formula is C28H36F3N4PS. The highest BCUT2D eigenvalue weighted by atomic mass is 32.2. The zero-order valence-electron chi connectivity index (χ0n) is 22.7. The lowest BCUT2D eigenvalue weighted by atomic mass is 10.1. The molecule has 4 nitrogen and oxygen atoms in total. The van der Waals surface area contributed by atoms with Crippen molar-refractivity contribution >= 4 is 37.2 Å². The van der Waals surface area contributed by atoms with Gasteiger partial charge in [0.05, 0.1) is 21.7 Å². The highest BCUT2D eigenvalue weighted by Crippen LogP contribution is 2.49. The molecule has 0 N–H and O–H groups in total. The van der Waals surface area contributed by atoms with Crippen molar-refractivity contribution in [2.75, 3.05) is 27.8 Å². The summed E-state index contributed by atoms with van der Waals surface area (Å²) in [5.74, 6) is -3.43. The molecule has 4 rings (SSSR count). The molecule has 2 aliphatic rings. The Hall–Kier alpha value is -2.28. The summed E-state index contributed by atoms with van der Waals surface area (Å²) in [5, 5.41) is 3.15. The second-order valence-corrected chi connectivity index (χ2v) is 10.9. The molecular weight excluding hydrogens is 512 g/mol. The number of halogens is 3. The second kappa shape index (κ2) is 12.1. The molecule has 2 aromatic carbocycles. The van der Waals surface area contributed by atoms with Crippen LogP contribution >= 0.6 is 20.3 Å². The molecule has 0 spiro atoms. The third kappa shape index (κ3) is 6.08. The van der Waals surface area contributed by atoms with Crippen molar-refractivity contribution in [1.82, 2.24) is 14.9 Å². The number of rotatable bonds is 6. The molecule has 3 atom stereocenters. The normalized spacial score (nSPS) is 21.2. The molecule has 2 heterocycles. The van der Waals surface area contributed by atoms with Crippen LogP contribution in [-0.2, 0) is 0 Å². The van der Waals surface area contributed by atoms with E-state index in [-0.39, 0.29) is 10.9 Å². The van der Waals surface area contributed by atoms with Gasteiger partial charge in [-0.15, -0.1) is 0 Å².